The van der Waals surface area contributed by atoms with Crippen molar-refractivity contribution in [1.82, 2.24) is 9.88 Å². The van der Waals surface area contributed by atoms with Crippen molar-refractivity contribution >= 4 is 11.9 Å². The second kappa shape index (κ2) is 9.35. The zero-order valence-electron chi connectivity index (χ0n) is 15.5. The number of amides is 1. The lowest BCUT2D eigenvalue weighted by atomic mass is 9.97. The monoisotopic (exact) mass is 370 g/mol. The molecule has 1 aliphatic rings. The lowest BCUT2D eigenvalue weighted by Gasteiger charge is -2.35. The molecular formula is C21H26N2O4. The zero-order chi connectivity index (χ0) is 19.1. The molecule has 1 atom stereocenters. The highest BCUT2D eigenvalue weighted by Crippen LogP contribution is 2.23. The molecule has 2 heterocycles. The summed E-state index contributed by atoms with van der Waals surface area (Å²) in [4.78, 5) is 29.6. The number of carboxylic acid groups (broad SMARTS) is 1. The van der Waals surface area contributed by atoms with Gasteiger partial charge in [-0.15, -0.1) is 0 Å². The quantitative estimate of drug-likeness (QED) is 0.762. The molecule has 2 aromatic rings. The van der Waals surface area contributed by atoms with Crippen LogP contribution in [0.1, 0.15) is 50.8 Å². The van der Waals surface area contributed by atoms with Crippen molar-refractivity contribution in [3.8, 4) is 11.3 Å². The number of aryl methyl sites for hydroxylation is 1. The van der Waals surface area contributed by atoms with Crippen LogP contribution in [-0.2, 0) is 16.0 Å². The number of carbonyl (C=O) groups excluding carboxylic acids is 1. The predicted molar refractivity (Wildman–Crippen MR) is 101 cm³/mol. The molecule has 6 heteroatoms. The molecule has 144 valence electrons. The number of hydrogen-bond acceptors (Lipinski definition) is 4. The lowest BCUT2D eigenvalue weighted by Crippen LogP contribution is -2.43. The Labute approximate surface area is 159 Å². The van der Waals surface area contributed by atoms with E-state index in [1.807, 2.05) is 35.2 Å². The van der Waals surface area contributed by atoms with Crippen molar-refractivity contribution in [3.05, 3.63) is 42.4 Å². The third kappa shape index (κ3) is 5.42. The normalized spacial score (nSPS) is 17.0. The van der Waals surface area contributed by atoms with Gasteiger partial charge in [-0.2, -0.15) is 0 Å². The molecule has 1 aromatic carbocycles. The molecule has 27 heavy (non-hydrogen) atoms. The fourth-order valence-electron chi connectivity index (χ4n) is 3.62. The average molecular weight is 370 g/mol. The van der Waals surface area contributed by atoms with Crippen molar-refractivity contribution in [2.45, 2.75) is 57.4 Å². The predicted octanol–water partition coefficient (Wildman–Crippen LogP) is 3.91. The first-order valence-electron chi connectivity index (χ1n) is 9.65. The largest absolute Gasteiger partial charge is 0.481 e. The summed E-state index contributed by atoms with van der Waals surface area (Å²) in [7, 11) is 0. The number of hydrogen-bond donors (Lipinski definition) is 1. The number of nitrogens with zero attached hydrogens (tertiary/aromatic N) is 2. The van der Waals surface area contributed by atoms with E-state index in [-0.39, 0.29) is 18.4 Å². The van der Waals surface area contributed by atoms with E-state index < -0.39 is 5.97 Å². The number of likely N-dealkylation sites (tertiary alicyclic amines) is 1. The van der Waals surface area contributed by atoms with Crippen LogP contribution in [0, 0.1) is 0 Å². The van der Waals surface area contributed by atoms with Gasteiger partial charge >= 0.3 is 5.97 Å². The first-order chi connectivity index (χ1) is 13.1. The number of oxazole rings is 1. The standard InChI is InChI=1S/C21H26N2O4/c24-20(23-14-5-4-9-17(23)12-13-21(25)26)11-6-10-19-22-15-18(27-19)16-7-2-1-3-8-16/h1-3,7-8,15,17H,4-6,9-14H2,(H,25,26)/t17-/m0/s1. The van der Waals surface area contributed by atoms with Crippen molar-refractivity contribution in [1.29, 1.82) is 0 Å². The van der Waals surface area contributed by atoms with Gasteiger partial charge in [0.1, 0.15) is 0 Å². The van der Waals surface area contributed by atoms with Gasteiger partial charge in [-0.05, 0) is 32.1 Å². The van der Waals surface area contributed by atoms with Crippen LogP contribution in [-0.4, -0.2) is 39.5 Å². The Morgan fingerprint density at radius 1 is 1.19 bits per heavy atom. The maximum absolute atomic E-state index is 12.6. The average Bonchev–Trinajstić information content (AvgIpc) is 3.16. The Hall–Kier alpha value is -2.63. The topological polar surface area (TPSA) is 83.6 Å². The summed E-state index contributed by atoms with van der Waals surface area (Å²) >= 11 is 0. The number of piperidine rings is 1. The Bertz CT molecular complexity index is 757. The molecule has 1 saturated heterocycles. The summed E-state index contributed by atoms with van der Waals surface area (Å²) in [5.74, 6) is 0.690. The molecule has 0 spiro atoms. The summed E-state index contributed by atoms with van der Waals surface area (Å²) in [5.41, 5.74) is 0.988. The third-order valence-electron chi connectivity index (χ3n) is 5.03. The highest BCUT2D eigenvalue weighted by Gasteiger charge is 2.26. The molecule has 1 amide bonds. The number of carbonyl (C=O) groups is 2. The Kier molecular flexibility index (Phi) is 6.63. The van der Waals surface area contributed by atoms with Crippen molar-refractivity contribution in [3.63, 3.8) is 0 Å². The van der Waals surface area contributed by atoms with E-state index in [1.165, 1.54) is 0 Å². The van der Waals surface area contributed by atoms with Gasteiger partial charge in [0.05, 0.1) is 6.20 Å². The van der Waals surface area contributed by atoms with Gasteiger partial charge in [0, 0.05) is 37.4 Å². The highest BCUT2D eigenvalue weighted by atomic mass is 16.4. The fraction of sp³-hybridized carbons (Fsp3) is 0.476. The lowest BCUT2D eigenvalue weighted by molar-refractivity contribution is -0.140. The molecular weight excluding hydrogens is 344 g/mol. The van der Waals surface area contributed by atoms with Crippen molar-refractivity contribution < 1.29 is 19.1 Å². The molecule has 0 radical (unpaired) electrons. The number of aliphatic carboxylic acids is 1. The summed E-state index contributed by atoms with van der Waals surface area (Å²) in [5, 5.41) is 8.90. The minimum Gasteiger partial charge on any atom is -0.481 e. The highest BCUT2D eigenvalue weighted by molar-refractivity contribution is 5.76. The zero-order valence-corrected chi connectivity index (χ0v) is 15.5. The second-order valence-electron chi connectivity index (χ2n) is 7.01. The third-order valence-corrected chi connectivity index (χ3v) is 5.03. The molecule has 0 bridgehead atoms. The van der Waals surface area contributed by atoms with Gasteiger partial charge in [0.25, 0.3) is 0 Å². The van der Waals surface area contributed by atoms with Crippen LogP contribution in [0.2, 0.25) is 0 Å². The van der Waals surface area contributed by atoms with Crippen LogP contribution in [0.5, 0.6) is 0 Å². The van der Waals surface area contributed by atoms with Gasteiger partial charge in [-0.25, -0.2) is 4.98 Å². The van der Waals surface area contributed by atoms with E-state index in [9.17, 15) is 9.59 Å². The molecule has 1 aromatic heterocycles. The minimum absolute atomic E-state index is 0.0637. The van der Waals surface area contributed by atoms with Crippen LogP contribution in [0.15, 0.2) is 40.9 Å². The van der Waals surface area contributed by atoms with Crippen molar-refractivity contribution in [2.75, 3.05) is 6.54 Å². The minimum atomic E-state index is -0.800. The van der Waals surface area contributed by atoms with E-state index in [0.29, 0.717) is 31.6 Å². The van der Waals surface area contributed by atoms with Crippen LogP contribution in [0.3, 0.4) is 0 Å². The van der Waals surface area contributed by atoms with E-state index >= 15 is 0 Å². The molecule has 1 N–H and O–H groups in total. The number of aromatic nitrogens is 1. The molecule has 1 fully saturated rings. The molecule has 0 unspecified atom stereocenters. The summed E-state index contributed by atoms with van der Waals surface area (Å²) in [6.45, 7) is 0.736. The Morgan fingerprint density at radius 3 is 2.78 bits per heavy atom. The molecule has 1 aliphatic heterocycles. The molecule has 0 saturated carbocycles. The summed E-state index contributed by atoms with van der Waals surface area (Å²) in [6.07, 6.45) is 7.07. The summed E-state index contributed by atoms with van der Waals surface area (Å²) < 4.78 is 5.78. The van der Waals surface area contributed by atoms with E-state index in [0.717, 1.165) is 37.1 Å². The first kappa shape index (κ1) is 19.1. The number of rotatable bonds is 8. The van der Waals surface area contributed by atoms with E-state index in [1.54, 1.807) is 6.20 Å². The van der Waals surface area contributed by atoms with E-state index in [4.69, 9.17) is 9.52 Å². The van der Waals surface area contributed by atoms with Gasteiger partial charge < -0.3 is 14.4 Å². The van der Waals surface area contributed by atoms with Gasteiger partial charge in [-0.1, -0.05) is 30.3 Å². The fourth-order valence-corrected chi connectivity index (χ4v) is 3.62. The van der Waals surface area contributed by atoms with Crippen LogP contribution in [0.25, 0.3) is 11.3 Å². The van der Waals surface area contributed by atoms with Gasteiger partial charge in [0.15, 0.2) is 11.7 Å². The smallest absolute Gasteiger partial charge is 0.303 e. The SMILES string of the molecule is O=C(O)CC[C@@H]1CCCCN1C(=O)CCCc1ncc(-c2ccccc2)o1. The molecule has 3 rings (SSSR count). The van der Waals surface area contributed by atoms with E-state index in [2.05, 4.69) is 4.98 Å². The maximum Gasteiger partial charge on any atom is 0.303 e. The van der Waals surface area contributed by atoms with Crippen LogP contribution < -0.4 is 0 Å². The maximum atomic E-state index is 12.6. The van der Waals surface area contributed by atoms with Crippen LogP contribution in [0.4, 0.5) is 0 Å². The summed E-state index contributed by atoms with van der Waals surface area (Å²) in [6, 6.07) is 9.87. The van der Waals surface area contributed by atoms with Crippen LogP contribution >= 0.6 is 0 Å². The molecule has 6 nitrogen and oxygen atoms in total. The Balaban J connectivity index is 1.48. The first-order valence-corrected chi connectivity index (χ1v) is 9.65. The molecule has 0 aliphatic carbocycles. The number of carboxylic acids is 1. The van der Waals surface area contributed by atoms with Gasteiger partial charge in [0.2, 0.25) is 5.91 Å². The van der Waals surface area contributed by atoms with Gasteiger partial charge in [-0.3, -0.25) is 9.59 Å². The van der Waals surface area contributed by atoms with Crippen molar-refractivity contribution in [2.24, 2.45) is 0 Å². The second-order valence-corrected chi connectivity index (χ2v) is 7.01. The Morgan fingerprint density at radius 2 is 2.00 bits per heavy atom. The number of benzene rings is 1.